The Morgan fingerprint density at radius 1 is 0.298 bits per heavy atom. The molecule has 0 radical (unpaired) electrons. The zero-order chi connectivity index (χ0) is 37.8. The lowest BCUT2D eigenvalue weighted by molar-refractivity contribution is 0.769. The molecule has 0 spiro atoms. The van der Waals surface area contributed by atoms with Crippen molar-refractivity contribution in [3.8, 4) is 55.9 Å². The van der Waals surface area contributed by atoms with Crippen LogP contribution >= 0.6 is 0 Å². The highest BCUT2D eigenvalue weighted by molar-refractivity contribution is 6.03. The van der Waals surface area contributed by atoms with Crippen molar-refractivity contribution in [3.63, 3.8) is 0 Å². The van der Waals surface area contributed by atoms with Crippen LogP contribution < -0.4 is 0 Å². The minimum atomic E-state index is -0.469. The van der Waals surface area contributed by atoms with Crippen LogP contribution in [0, 0.1) is 0 Å². The molecular weight excluding hydrogens is 689 g/mol. The summed E-state index contributed by atoms with van der Waals surface area (Å²) < 4.78 is 0. The number of nitrogens with zero attached hydrogens (tertiary/aromatic N) is 2. The lowest BCUT2D eigenvalue weighted by atomic mass is 9.67. The lowest BCUT2D eigenvalue weighted by Crippen LogP contribution is -2.28. The number of benzene rings is 9. The number of fused-ring (bicyclic) bond motifs is 5. The van der Waals surface area contributed by atoms with Crippen LogP contribution in [-0.4, -0.2) is 9.97 Å². The Labute approximate surface area is 332 Å². The summed E-state index contributed by atoms with van der Waals surface area (Å²) in [6, 6.07) is 78.8. The van der Waals surface area contributed by atoms with Gasteiger partial charge in [-0.15, -0.1) is 0 Å². The van der Waals surface area contributed by atoms with Gasteiger partial charge in [-0.1, -0.05) is 188 Å². The van der Waals surface area contributed by atoms with E-state index in [4.69, 9.17) is 9.97 Å². The van der Waals surface area contributed by atoms with E-state index in [9.17, 15) is 0 Å². The fourth-order valence-electron chi connectivity index (χ4n) is 9.15. The first kappa shape index (κ1) is 33.0. The van der Waals surface area contributed by atoms with Crippen molar-refractivity contribution in [2.75, 3.05) is 0 Å². The maximum atomic E-state index is 5.29. The Balaban J connectivity index is 1.10. The summed E-state index contributed by atoms with van der Waals surface area (Å²) in [4.78, 5) is 10.5. The minimum Gasteiger partial charge on any atom is -0.244 e. The third-order valence-corrected chi connectivity index (χ3v) is 11.7. The predicted octanol–water partition coefficient (Wildman–Crippen LogP) is 13.8. The van der Waals surface area contributed by atoms with Gasteiger partial charge in [0.05, 0.1) is 27.8 Å². The van der Waals surface area contributed by atoms with Crippen LogP contribution in [-0.2, 0) is 5.41 Å². The Bertz CT molecular complexity index is 3060. The first-order valence-electron chi connectivity index (χ1n) is 19.6. The van der Waals surface area contributed by atoms with Crippen LogP contribution in [0.2, 0.25) is 0 Å². The molecule has 266 valence electrons. The number of hydrogen-bond donors (Lipinski definition) is 0. The third-order valence-electron chi connectivity index (χ3n) is 11.7. The second-order valence-electron chi connectivity index (χ2n) is 14.9. The molecule has 0 N–H and O–H groups in total. The summed E-state index contributed by atoms with van der Waals surface area (Å²) in [6.45, 7) is 0. The van der Waals surface area contributed by atoms with Crippen LogP contribution in [0.25, 0.3) is 77.7 Å². The predicted molar refractivity (Wildman–Crippen MR) is 236 cm³/mol. The van der Waals surface area contributed by atoms with Gasteiger partial charge in [-0.3, -0.25) is 0 Å². The largest absolute Gasteiger partial charge is 0.244 e. The summed E-state index contributed by atoms with van der Waals surface area (Å²) in [5.41, 5.74) is 17.5. The van der Waals surface area contributed by atoms with Crippen molar-refractivity contribution >= 4 is 21.8 Å². The molecule has 2 nitrogen and oxygen atoms in total. The highest BCUT2D eigenvalue weighted by Gasteiger charge is 2.46. The molecule has 0 aliphatic heterocycles. The molecule has 1 aliphatic carbocycles. The topological polar surface area (TPSA) is 25.8 Å². The highest BCUT2D eigenvalue weighted by atomic mass is 14.8. The Hall–Kier alpha value is -7.42. The van der Waals surface area contributed by atoms with Gasteiger partial charge in [0.1, 0.15) is 0 Å². The summed E-state index contributed by atoms with van der Waals surface area (Å²) in [5, 5.41) is 2.44. The number of rotatable bonds is 6. The molecule has 2 heteroatoms. The molecule has 0 atom stereocenters. The van der Waals surface area contributed by atoms with E-state index in [1.807, 2.05) is 24.3 Å². The second kappa shape index (κ2) is 13.4. The Morgan fingerprint density at radius 2 is 0.807 bits per heavy atom. The quantitative estimate of drug-likeness (QED) is 0.171. The highest BCUT2D eigenvalue weighted by Crippen LogP contribution is 2.57. The number of para-hydroxylation sites is 2. The third kappa shape index (κ3) is 5.33. The molecule has 11 rings (SSSR count). The first-order valence-corrected chi connectivity index (χ1v) is 19.6. The molecule has 1 aliphatic rings. The molecule has 10 aromatic rings. The van der Waals surface area contributed by atoms with E-state index in [0.717, 1.165) is 39.1 Å². The average molecular weight is 725 g/mol. The zero-order valence-electron chi connectivity index (χ0n) is 31.2. The van der Waals surface area contributed by atoms with E-state index in [1.54, 1.807) is 0 Å². The van der Waals surface area contributed by atoms with E-state index in [1.165, 1.54) is 60.8 Å². The summed E-state index contributed by atoms with van der Waals surface area (Å²) in [7, 11) is 0. The number of aromatic nitrogens is 2. The van der Waals surface area contributed by atoms with Gasteiger partial charge in [0.15, 0.2) is 0 Å². The van der Waals surface area contributed by atoms with Gasteiger partial charge in [0, 0.05) is 11.1 Å². The van der Waals surface area contributed by atoms with Crippen LogP contribution in [0.5, 0.6) is 0 Å². The van der Waals surface area contributed by atoms with Crippen molar-refractivity contribution in [3.05, 3.63) is 241 Å². The SMILES string of the molecule is c1ccc(-c2ccc(-c3nc4ccccc4nc3-c3cccc(-c4cccc5cc6c(cc45)C(c4ccccc4)(c4ccccc4)c4ccccc4-6)c3)cc2)cc1. The molecule has 57 heavy (non-hydrogen) atoms. The van der Waals surface area contributed by atoms with Gasteiger partial charge in [0.2, 0.25) is 0 Å². The number of hydrogen-bond acceptors (Lipinski definition) is 2. The smallest absolute Gasteiger partial charge is 0.0973 e. The maximum absolute atomic E-state index is 5.29. The summed E-state index contributed by atoms with van der Waals surface area (Å²) in [5.74, 6) is 0. The van der Waals surface area contributed by atoms with Crippen molar-refractivity contribution in [2.45, 2.75) is 5.41 Å². The molecular formula is C55H36N2. The summed E-state index contributed by atoms with van der Waals surface area (Å²) >= 11 is 0. The minimum absolute atomic E-state index is 0.469. The van der Waals surface area contributed by atoms with E-state index < -0.39 is 5.41 Å². The van der Waals surface area contributed by atoms with Gasteiger partial charge >= 0.3 is 0 Å². The molecule has 1 aromatic heterocycles. The molecule has 0 amide bonds. The van der Waals surface area contributed by atoms with Gasteiger partial charge in [0.25, 0.3) is 0 Å². The molecule has 1 heterocycles. The molecule has 0 saturated heterocycles. The molecule has 0 fully saturated rings. The van der Waals surface area contributed by atoms with Crippen molar-refractivity contribution < 1.29 is 0 Å². The van der Waals surface area contributed by atoms with Crippen LogP contribution in [0.1, 0.15) is 22.3 Å². The Morgan fingerprint density at radius 3 is 1.51 bits per heavy atom. The van der Waals surface area contributed by atoms with Crippen LogP contribution in [0.3, 0.4) is 0 Å². The monoisotopic (exact) mass is 724 g/mol. The zero-order valence-corrected chi connectivity index (χ0v) is 31.2. The van der Waals surface area contributed by atoms with E-state index >= 15 is 0 Å². The van der Waals surface area contributed by atoms with Crippen molar-refractivity contribution in [2.24, 2.45) is 0 Å². The van der Waals surface area contributed by atoms with E-state index in [2.05, 4.69) is 194 Å². The standard InChI is InChI=1S/C55H36N2/c1-4-16-37(17-5-1)38-30-32-39(33-31-38)53-54(57-52-29-13-12-28-51(52)56-53)42-20-14-18-40(34-42)45-26-15-19-41-35-48-46-25-10-11-27-49(46)55(50(48)36-47(41)45,43-21-6-2-7-22-43)44-23-8-3-9-24-44/h1-36H. The maximum Gasteiger partial charge on any atom is 0.0973 e. The normalized spacial score (nSPS) is 12.7. The van der Waals surface area contributed by atoms with Crippen molar-refractivity contribution in [1.29, 1.82) is 0 Å². The molecule has 0 unspecified atom stereocenters. The molecule has 0 saturated carbocycles. The van der Waals surface area contributed by atoms with E-state index in [-0.39, 0.29) is 0 Å². The molecule has 0 bridgehead atoms. The van der Waals surface area contributed by atoms with E-state index in [0.29, 0.717) is 0 Å². The van der Waals surface area contributed by atoms with Gasteiger partial charge in [-0.05, 0) is 96.7 Å². The fraction of sp³-hybridized carbons (Fsp3) is 0.0182. The van der Waals surface area contributed by atoms with Gasteiger partial charge in [-0.2, -0.15) is 0 Å². The summed E-state index contributed by atoms with van der Waals surface area (Å²) in [6.07, 6.45) is 0. The average Bonchev–Trinajstić information content (AvgIpc) is 3.58. The Kier molecular flexibility index (Phi) is 7.75. The second-order valence-corrected chi connectivity index (χ2v) is 14.9. The van der Waals surface area contributed by atoms with Gasteiger partial charge < -0.3 is 0 Å². The first-order chi connectivity index (χ1) is 28.3. The van der Waals surface area contributed by atoms with Crippen molar-refractivity contribution in [1.82, 2.24) is 9.97 Å². The fourth-order valence-corrected chi connectivity index (χ4v) is 9.15. The van der Waals surface area contributed by atoms with Gasteiger partial charge in [-0.25, -0.2) is 9.97 Å². The molecule has 9 aromatic carbocycles. The van der Waals surface area contributed by atoms with Crippen LogP contribution in [0.4, 0.5) is 0 Å². The van der Waals surface area contributed by atoms with Crippen LogP contribution in [0.15, 0.2) is 218 Å². The lowest BCUT2D eigenvalue weighted by Gasteiger charge is -2.34.